The zero-order valence-electron chi connectivity index (χ0n) is 21.5. The van der Waals surface area contributed by atoms with E-state index in [1.165, 1.54) is 17.5 Å². The third-order valence-corrected chi connectivity index (χ3v) is 10.6. The quantitative estimate of drug-likeness (QED) is 0.324. The van der Waals surface area contributed by atoms with Gasteiger partial charge in [-0.25, -0.2) is 9.59 Å². The summed E-state index contributed by atoms with van der Waals surface area (Å²) in [6.45, 7) is 12.4. The highest BCUT2D eigenvalue weighted by Crippen LogP contribution is 2.36. The van der Waals surface area contributed by atoms with Gasteiger partial charge >= 0.3 is 12.1 Å². The standard InChI is InChI=1S/C27H39NO5Si/c1-26(2,3)33-25(30)28-23(24(29)31-7)19-14-20-32-34(27(4,5)6,21-15-10-8-11-16-21)22-17-12-9-13-18-22/h8-13,15-18,23H,14,19-20H2,1-7H3,(H,28,30)/t23-/m0/s1. The number of esters is 1. The van der Waals surface area contributed by atoms with Crippen molar-refractivity contribution in [1.29, 1.82) is 0 Å². The van der Waals surface area contributed by atoms with E-state index in [2.05, 4.69) is 50.4 Å². The smallest absolute Gasteiger partial charge is 0.408 e. The fraction of sp³-hybridized carbons (Fsp3) is 0.481. The molecule has 1 atom stereocenters. The molecule has 0 unspecified atom stereocenters. The minimum absolute atomic E-state index is 0.133. The van der Waals surface area contributed by atoms with Gasteiger partial charge in [0.2, 0.25) is 0 Å². The number of rotatable bonds is 9. The Bertz CT molecular complexity index is 880. The molecule has 0 aromatic heterocycles. The number of hydrogen-bond donors (Lipinski definition) is 1. The molecule has 0 bridgehead atoms. The van der Waals surface area contributed by atoms with Crippen LogP contribution < -0.4 is 15.7 Å². The second-order valence-corrected chi connectivity index (χ2v) is 14.7. The predicted octanol–water partition coefficient (Wildman–Crippen LogP) is 4.41. The molecule has 186 valence electrons. The summed E-state index contributed by atoms with van der Waals surface area (Å²) in [5.41, 5.74) is -0.656. The predicted molar refractivity (Wildman–Crippen MR) is 138 cm³/mol. The Morgan fingerprint density at radius 1 is 0.882 bits per heavy atom. The van der Waals surface area contributed by atoms with Crippen molar-refractivity contribution in [2.24, 2.45) is 0 Å². The van der Waals surface area contributed by atoms with Crippen LogP contribution in [0.2, 0.25) is 5.04 Å². The summed E-state index contributed by atoms with van der Waals surface area (Å²) in [6.07, 6.45) is 0.306. The molecular weight excluding hydrogens is 446 g/mol. The number of ether oxygens (including phenoxy) is 2. The van der Waals surface area contributed by atoms with E-state index in [1.54, 1.807) is 20.8 Å². The minimum atomic E-state index is -2.65. The summed E-state index contributed by atoms with van der Waals surface area (Å²) in [6, 6.07) is 20.0. The Kier molecular flexibility index (Phi) is 9.47. The number of carbonyl (C=O) groups is 2. The second kappa shape index (κ2) is 11.7. The normalized spacial score (nSPS) is 13.1. The first-order valence-electron chi connectivity index (χ1n) is 11.7. The molecule has 6 nitrogen and oxygen atoms in total. The van der Waals surface area contributed by atoms with Gasteiger partial charge in [0.05, 0.1) is 7.11 Å². The van der Waals surface area contributed by atoms with E-state index in [1.807, 2.05) is 36.4 Å². The number of nitrogens with one attached hydrogen (secondary N) is 1. The van der Waals surface area contributed by atoms with Gasteiger partial charge in [-0.3, -0.25) is 0 Å². The topological polar surface area (TPSA) is 73.9 Å². The van der Waals surface area contributed by atoms with Crippen molar-refractivity contribution in [2.75, 3.05) is 13.7 Å². The van der Waals surface area contributed by atoms with Crippen LogP contribution in [0.4, 0.5) is 4.79 Å². The van der Waals surface area contributed by atoms with Crippen molar-refractivity contribution in [3.05, 3.63) is 60.7 Å². The summed E-state index contributed by atoms with van der Waals surface area (Å²) in [7, 11) is -1.34. The number of carbonyl (C=O) groups excluding carboxylic acids is 2. The maximum atomic E-state index is 12.3. The van der Waals surface area contributed by atoms with E-state index < -0.39 is 32.0 Å². The summed E-state index contributed by atoms with van der Waals surface area (Å²) in [5, 5.41) is 4.90. The van der Waals surface area contributed by atoms with Gasteiger partial charge in [0, 0.05) is 6.61 Å². The Morgan fingerprint density at radius 3 is 1.79 bits per heavy atom. The molecule has 0 heterocycles. The van der Waals surface area contributed by atoms with Crippen LogP contribution in [0.1, 0.15) is 54.4 Å². The highest BCUT2D eigenvalue weighted by molar-refractivity contribution is 6.99. The van der Waals surface area contributed by atoms with Gasteiger partial charge in [-0.05, 0) is 49.0 Å². The fourth-order valence-electron chi connectivity index (χ4n) is 4.12. The summed E-state index contributed by atoms with van der Waals surface area (Å²) in [5.74, 6) is -0.503. The van der Waals surface area contributed by atoms with E-state index in [-0.39, 0.29) is 5.04 Å². The van der Waals surface area contributed by atoms with Crippen molar-refractivity contribution in [2.45, 2.75) is 71.1 Å². The molecule has 0 radical (unpaired) electrons. The first-order valence-corrected chi connectivity index (χ1v) is 13.6. The van der Waals surface area contributed by atoms with Crippen molar-refractivity contribution in [3.63, 3.8) is 0 Å². The van der Waals surface area contributed by atoms with Crippen molar-refractivity contribution >= 4 is 30.8 Å². The Balaban J connectivity index is 2.22. The van der Waals surface area contributed by atoms with Gasteiger partial charge in [0.15, 0.2) is 0 Å². The van der Waals surface area contributed by atoms with E-state index in [9.17, 15) is 9.59 Å². The molecule has 7 heteroatoms. The maximum absolute atomic E-state index is 12.3. The summed E-state index contributed by atoms with van der Waals surface area (Å²) >= 11 is 0. The van der Waals surface area contributed by atoms with Gasteiger partial charge in [-0.15, -0.1) is 0 Å². The molecule has 0 aliphatic heterocycles. The van der Waals surface area contributed by atoms with Crippen LogP contribution >= 0.6 is 0 Å². The first-order chi connectivity index (χ1) is 15.9. The zero-order valence-corrected chi connectivity index (χ0v) is 22.5. The molecular formula is C27H39NO5Si. The van der Waals surface area contributed by atoms with E-state index >= 15 is 0 Å². The van der Waals surface area contributed by atoms with Crippen LogP contribution in [-0.2, 0) is 18.7 Å². The van der Waals surface area contributed by atoms with E-state index in [0.29, 0.717) is 19.4 Å². The molecule has 0 aliphatic rings. The van der Waals surface area contributed by atoms with Crippen LogP contribution in [0.25, 0.3) is 0 Å². The summed E-state index contributed by atoms with van der Waals surface area (Å²) in [4.78, 5) is 24.5. The Morgan fingerprint density at radius 2 is 1.38 bits per heavy atom. The average molecular weight is 486 g/mol. The van der Waals surface area contributed by atoms with Gasteiger partial charge in [0.25, 0.3) is 8.32 Å². The Labute approximate surface area is 205 Å². The third kappa shape index (κ3) is 7.18. The van der Waals surface area contributed by atoms with Crippen LogP contribution in [-0.4, -0.2) is 45.7 Å². The maximum Gasteiger partial charge on any atom is 0.408 e. The van der Waals surface area contributed by atoms with Crippen LogP contribution in [0.5, 0.6) is 0 Å². The van der Waals surface area contributed by atoms with E-state index in [0.717, 1.165) is 0 Å². The molecule has 0 aliphatic carbocycles. The molecule has 0 spiro atoms. The van der Waals surface area contributed by atoms with Crippen molar-refractivity contribution in [1.82, 2.24) is 5.32 Å². The SMILES string of the molecule is COC(=O)[C@H](CCCO[Si](c1ccccc1)(c1ccccc1)C(C)(C)C)NC(=O)OC(C)(C)C. The lowest BCUT2D eigenvalue weighted by Crippen LogP contribution is -2.66. The van der Waals surface area contributed by atoms with Gasteiger partial charge in [0.1, 0.15) is 11.6 Å². The minimum Gasteiger partial charge on any atom is -0.467 e. The molecule has 0 fully saturated rings. The number of hydrogen-bond acceptors (Lipinski definition) is 5. The molecule has 1 N–H and O–H groups in total. The Hall–Kier alpha value is -2.64. The first kappa shape index (κ1) is 27.6. The van der Waals surface area contributed by atoms with Crippen LogP contribution in [0.3, 0.4) is 0 Å². The van der Waals surface area contributed by atoms with Gasteiger partial charge in [-0.1, -0.05) is 81.4 Å². The lowest BCUT2D eigenvalue weighted by Gasteiger charge is -2.43. The number of amides is 1. The van der Waals surface area contributed by atoms with E-state index in [4.69, 9.17) is 13.9 Å². The number of alkyl carbamates (subject to hydrolysis) is 1. The molecule has 0 saturated heterocycles. The van der Waals surface area contributed by atoms with Crippen molar-refractivity contribution in [3.8, 4) is 0 Å². The highest BCUT2D eigenvalue weighted by Gasteiger charge is 2.50. The molecule has 2 aromatic carbocycles. The number of benzene rings is 2. The molecule has 1 amide bonds. The highest BCUT2D eigenvalue weighted by atomic mass is 28.4. The molecule has 0 saturated carbocycles. The third-order valence-electron chi connectivity index (χ3n) is 5.55. The molecule has 34 heavy (non-hydrogen) atoms. The molecule has 2 rings (SSSR count). The zero-order chi connectivity index (χ0) is 25.4. The van der Waals surface area contributed by atoms with Crippen LogP contribution in [0, 0.1) is 0 Å². The lowest BCUT2D eigenvalue weighted by molar-refractivity contribution is -0.143. The monoisotopic (exact) mass is 485 g/mol. The largest absolute Gasteiger partial charge is 0.467 e. The average Bonchev–Trinajstić information content (AvgIpc) is 2.77. The van der Waals surface area contributed by atoms with Crippen LogP contribution in [0.15, 0.2) is 60.7 Å². The number of methoxy groups -OCH3 is 1. The van der Waals surface area contributed by atoms with Crippen molar-refractivity contribution < 1.29 is 23.5 Å². The molecule has 2 aromatic rings. The summed E-state index contributed by atoms with van der Waals surface area (Å²) < 4.78 is 17.1. The van der Waals surface area contributed by atoms with Gasteiger partial charge in [-0.2, -0.15) is 0 Å². The second-order valence-electron chi connectivity index (χ2n) is 10.4. The van der Waals surface area contributed by atoms with Gasteiger partial charge < -0.3 is 19.2 Å². The fourth-order valence-corrected chi connectivity index (χ4v) is 8.72. The lowest BCUT2D eigenvalue weighted by atomic mass is 10.1.